The third-order valence-corrected chi connectivity index (χ3v) is 3.92. The van der Waals surface area contributed by atoms with Crippen molar-refractivity contribution in [2.75, 3.05) is 0 Å². The molecule has 1 aromatic heterocycles. The van der Waals surface area contributed by atoms with Gasteiger partial charge in [-0.2, -0.15) is 0 Å². The zero-order chi connectivity index (χ0) is 16.1. The average Bonchev–Trinajstić information content (AvgIpc) is 2.85. The summed E-state index contributed by atoms with van der Waals surface area (Å²) in [5, 5.41) is 6.79. The first-order valence-corrected chi connectivity index (χ1v) is 7.49. The van der Waals surface area contributed by atoms with E-state index in [0.717, 1.165) is 17.5 Å². The number of nitrogens with one attached hydrogen (secondary N) is 2. The molecule has 0 fully saturated rings. The average molecular weight is 302 g/mol. The van der Waals surface area contributed by atoms with Crippen LogP contribution in [0.2, 0.25) is 0 Å². The van der Waals surface area contributed by atoms with Gasteiger partial charge in [-0.1, -0.05) is 43.7 Å². The quantitative estimate of drug-likeness (QED) is 0.848. The minimum absolute atomic E-state index is 0.0109. The molecule has 0 unspecified atom stereocenters. The molecule has 0 aliphatic carbocycles. The molecule has 0 saturated heterocycles. The van der Waals surface area contributed by atoms with Crippen molar-refractivity contribution in [2.45, 2.75) is 32.7 Å². The summed E-state index contributed by atoms with van der Waals surface area (Å²) in [5.41, 5.74) is 0.857. The monoisotopic (exact) mass is 302 g/mol. The molecule has 1 aromatic carbocycles. The van der Waals surface area contributed by atoms with Gasteiger partial charge in [0.05, 0.1) is 0 Å². The minimum Gasteiger partial charge on any atom is -0.347 e. The molecule has 2 atom stereocenters. The van der Waals surface area contributed by atoms with Gasteiger partial charge in [0.15, 0.2) is 0 Å². The predicted octanol–water partition coefficient (Wildman–Crippen LogP) is 1.50. The van der Waals surface area contributed by atoms with Gasteiger partial charge in [-0.05, 0) is 24.8 Å². The first-order valence-electron chi connectivity index (χ1n) is 7.49. The molecule has 118 valence electrons. The van der Waals surface area contributed by atoms with E-state index in [2.05, 4.69) is 34.5 Å². The molecule has 22 heavy (non-hydrogen) atoms. The van der Waals surface area contributed by atoms with E-state index in [-0.39, 0.29) is 17.8 Å². The van der Waals surface area contributed by atoms with Crippen LogP contribution in [0.5, 0.6) is 0 Å². The van der Waals surface area contributed by atoms with E-state index in [9.17, 15) is 9.59 Å². The van der Waals surface area contributed by atoms with E-state index in [1.54, 1.807) is 0 Å². The summed E-state index contributed by atoms with van der Waals surface area (Å²) in [5.74, 6) is 0.0208. The fourth-order valence-corrected chi connectivity index (χ4v) is 2.49. The second-order valence-electron chi connectivity index (χ2n) is 5.52. The Balaban J connectivity index is 2.01. The van der Waals surface area contributed by atoms with Gasteiger partial charge < -0.3 is 5.32 Å². The van der Waals surface area contributed by atoms with Gasteiger partial charge in [-0.15, -0.1) is 5.10 Å². The number of aromatic amines is 1. The van der Waals surface area contributed by atoms with Crippen LogP contribution in [0.3, 0.4) is 0 Å². The smallest absolute Gasteiger partial charge is 0.343 e. The Labute approximate surface area is 129 Å². The lowest BCUT2D eigenvalue weighted by atomic mass is 9.91. The van der Waals surface area contributed by atoms with Gasteiger partial charge in [0, 0.05) is 13.1 Å². The molecule has 0 aliphatic heterocycles. The summed E-state index contributed by atoms with van der Waals surface area (Å²) in [6, 6.07) is 10.2. The highest BCUT2D eigenvalue weighted by molar-refractivity contribution is 5.90. The molecule has 1 heterocycles. The van der Waals surface area contributed by atoms with Crippen molar-refractivity contribution in [1.82, 2.24) is 20.1 Å². The number of carbonyl (C=O) groups excluding carboxylic acids is 1. The Bertz CT molecular complexity index is 675. The van der Waals surface area contributed by atoms with Gasteiger partial charge in [-0.3, -0.25) is 9.78 Å². The second-order valence-corrected chi connectivity index (χ2v) is 5.52. The number of rotatable bonds is 6. The summed E-state index contributed by atoms with van der Waals surface area (Å²) in [4.78, 5) is 25.9. The highest BCUT2D eigenvalue weighted by Gasteiger charge is 2.20. The molecule has 0 aliphatic rings. The number of benzene rings is 1. The third kappa shape index (κ3) is 3.84. The van der Waals surface area contributed by atoms with Gasteiger partial charge in [0.1, 0.15) is 0 Å². The highest BCUT2D eigenvalue weighted by Crippen LogP contribution is 2.16. The molecule has 0 radical (unpaired) electrons. The maximum atomic E-state index is 12.1. The van der Waals surface area contributed by atoms with E-state index < -0.39 is 5.69 Å². The summed E-state index contributed by atoms with van der Waals surface area (Å²) >= 11 is 0. The normalized spacial score (nSPS) is 13.6. The van der Waals surface area contributed by atoms with Crippen molar-refractivity contribution in [3.63, 3.8) is 0 Å². The summed E-state index contributed by atoms with van der Waals surface area (Å²) in [7, 11) is 1.50. The number of amides is 1. The number of carbonyl (C=O) groups is 1. The van der Waals surface area contributed by atoms with Crippen LogP contribution in [-0.2, 0) is 13.5 Å². The molecule has 1 amide bonds. The molecule has 2 N–H and O–H groups in total. The molecule has 2 aromatic rings. The fraction of sp³-hybridized carbons (Fsp3) is 0.438. The van der Waals surface area contributed by atoms with E-state index >= 15 is 0 Å². The van der Waals surface area contributed by atoms with Crippen molar-refractivity contribution in [1.29, 1.82) is 0 Å². The topological polar surface area (TPSA) is 79.8 Å². The first kappa shape index (κ1) is 16.0. The summed E-state index contributed by atoms with van der Waals surface area (Å²) in [6.07, 6.45) is 1.85. The molecule has 0 bridgehead atoms. The number of nitrogens with zero attached hydrogens (tertiary/aromatic N) is 2. The molecular formula is C16H22N4O2. The van der Waals surface area contributed by atoms with Gasteiger partial charge in [-0.25, -0.2) is 9.48 Å². The van der Waals surface area contributed by atoms with Gasteiger partial charge in [0.2, 0.25) is 5.82 Å². The van der Waals surface area contributed by atoms with Gasteiger partial charge in [0.25, 0.3) is 5.91 Å². The highest BCUT2D eigenvalue weighted by atomic mass is 16.2. The molecule has 2 rings (SSSR count). The lowest BCUT2D eigenvalue weighted by molar-refractivity contribution is 0.0915. The number of aryl methyl sites for hydroxylation is 1. The zero-order valence-electron chi connectivity index (χ0n) is 13.2. The predicted molar refractivity (Wildman–Crippen MR) is 84.7 cm³/mol. The Kier molecular flexibility index (Phi) is 5.14. The maximum absolute atomic E-state index is 12.1. The Morgan fingerprint density at radius 1 is 1.36 bits per heavy atom. The molecule has 0 saturated carbocycles. The van der Waals surface area contributed by atoms with Gasteiger partial charge >= 0.3 is 5.69 Å². The SMILES string of the molecule is CC[C@@H](Cc1ccccc1)[C@@H](C)NC(=O)c1nn(C)c(=O)[nH]1. The Hall–Kier alpha value is -2.37. The number of aromatic nitrogens is 3. The van der Waals surface area contributed by atoms with Crippen molar-refractivity contribution in [2.24, 2.45) is 13.0 Å². The lowest BCUT2D eigenvalue weighted by Gasteiger charge is -2.23. The standard InChI is InChI=1S/C16H22N4O2/c1-4-13(10-12-8-6-5-7-9-12)11(2)17-15(21)14-18-16(22)20(3)19-14/h5-9,11,13H,4,10H2,1-3H3,(H,17,21)(H,18,19,22)/t11-,13+/m1/s1. The largest absolute Gasteiger partial charge is 0.347 e. The van der Waals surface area contributed by atoms with Crippen molar-refractivity contribution >= 4 is 5.91 Å². The van der Waals surface area contributed by atoms with Crippen LogP contribution in [-0.4, -0.2) is 26.7 Å². The fourth-order valence-electron chi connectivity index (χ4n) is 2.49. The van der Waals surface area contributed by atoms with Crippen molar-refractivity contribution in [3.05, 3.63) is 52.2 Å². The number of hydrogen-bond donors (Lipinski definition) is 2. The molecule has 6 nitrogen and oxygen atoms in total. The summed E-state index contributed by atoms with van der Waals surface area (Å²) in [6.45, 7) is 4.09. The lowest BCUT2D eigenvalue weighted by Crippen LogP contribution is -2.39. The third-order valence-electron chi connectivity index (χ3n) is 3.92. The molecule has 6 heteroatoms. The molecular weight excluding hydrogens is 280 g/mol. The van der Waals surface area contributed by atoms with Crippen LogP contribution in [0.25, 0.3) is 0 Å². The zero-order valence-corrected chi connectivity index (χ0v) is 13.2. The number of H-pyrrole nitrogens is 1. The Morgan fingerprint density at radius 2 is 2.05 bits per heavy atom. The number of hydrogen-bond acceptors (Lipinski definition) is 3. The first-order chi connectivity index (χ1) is 10.5. The van der Waals surface area contributed by atoms with E-state index in [0.29, 0.717) is 5.92 Å². The van der Waals surface area contributed by atoms with Crippen LogP contribution in [0.15, 0.2) is 35.1 Å². The van der Waals surface area contributed by atoms with Crippen LogP contribution in [0.1, 0.15) is 36.5 Å². The van der Waals surface area contributed by atoms with E-state index in [4.69, 9.17) is 0 Å². The van der Waals surface area contributed by atoms with Crippen LogP contribution >= 0.6 is 0 Å². The van der Waals surface area contributed by atoms with Crippen molar-refractivity contribution < 1.29 is 4.79 Å². The van der Waals surface area contributed by atoms with E-state index in [1.807, 2.05) is 25.1 Å². The van der Waals surface area contributed by atoms with Crippen LogP contribution < -0.4 is 11.0 Å². The van der Waals surface area contributed by atoms with Crippen molar-refractivity contribution in [3.8, 4) is 0 Å². The summed E-state index contributed by atoms with van der Waals surface area (Å²) < 4.78 is 1.11. The minimum atomic E-state index is -0.394. The van der Waals surface area contributed by atoms with Crippen LogP contribution in [0, 0.1) is 5.92 Å². The maximum Gasteiger partial charge on any atom is 0.343 e. The Morgan fingerprint density at radius 3 is 2.59 bits per heavy atom. The van der Waals surface area contributed by atoms with E-state index in [1.165, 1.54) is 12.6 Å². The van der Waals surface area contributed by atoms with Crippen LogP contribution in [0.4, 0.5) is 0 Å². The second kappa shape index (κ2) is 7.06. The molecule has 0 spiro atoms.